The van der Waals surface area contributed by atoms with Gasteiger partial charge in [0.15, 0.2) is 0 Å². The molecule has 2 heterocycles. The van der Waals surface area contributed by atoms with E-state index >= 15 is 0 Å². The van der Waals surface area contributed by atoms with Crippen LogP contribution in [0.5, 0.6) is 5.06 Å². The number of thiazole rings is 1. The number of ether oxygens (including phenoxy) is 1. The topological polar surface area (TPSA) is 84.3 Å². The summed E-state index contributed by atoms with van der Waals surface area (Å²) in [5.41, 5.74) is 0.134. The molecule has 136 valence electrons. The van der Waals surface area contributed by atoms with Crippen molar-refractivity contribution in [2.45, 2.75) is 6.92 Å². The lowest BCUT2D eigenvalue weighted by Crippen LogP contribution is -2.14. The van der Waals surface area contributed by atoms with Crippen LogP contribution < -0.4 is 10.1 Å². The zero-order valence-electron chi connectivity index (χ0n) is 13.5. The molecule has 0 fully saturated rings. The molecule has 0 radical (unpaired) electrons. The van der Waals surface area contributed by atoms with Gasteiger partial charge in [-0.25, -0.2) is 13.8 Å². The van der Waals surface area contributed by atoms with Crippen molar-refractivity contribution in [2.24, 2.45) is 0 Å². The monoisotopic (exact) mass is 397 g/mol. The number of aliphatic hydroxyl groups is 1. The number of hydrogen-bond donors (Lipinski definition) is 2. The normalized spacial score (nSPS) is 10.8. The van der Waals surface area contributed by atoms with E-state index in [0.717, 1.165) is 35.0 Å². The van der Waals surface area contributed by atoms with Gasteiger partial charge in [0.1, 0.15) is 34.6 Å². The number of anilines is 1. The molecular weight excluding hydrogens is 384 g/mol. The molecule has 10 heteroatoms. The Labute approximate surface area is 155 Å². The average molecular weight is 397 g/mol. The molecule has 2 N–H and O–H groups in total. The van der Waals surface area contributed by atoms with Crippen molar-refractivity contribution in [3.63, 3.8) is 0 Å². The predicted octanol–water partition coefficient (Wildman–Crippen LogP) is 3.48. The molecular formula is C16H13F2N3O3S2. The zero-order chi connectivity index (χ0) is 18.7. The fourth-order valence-electron chi connectivity index (χ4n) is 2.15. The Hall–Kier alpha value is -2.43. The highest BCUT2D eigenvalue weighted by atomic mass is 32.1. The first-order chi connectivity index (χ1) is 12.5. The maximum atomic E-state index is 13.9. The maximum Gasteiger partial charge on any atom is 0.275 e. The molecule has 6 nitrogen and oxygen atoms in total. The van der Waals surface area contributed by atoms with Crippen molar-refractivity contribution in [1.82, 2.24) is 9.36 Å². The van der Waals surface area contributed by atoms with E-state index in [2.05, 4.69) is 14.7 Å². The second-order valence-corrected chi connectivity index (χ2v) is 7.04. The van der Waals surface area contributed by atoms with Crippen LogP contribution in [0.1, 0.15) is 15.4 Å². The van der Waals surface area contributed by atoms with E-state index in [4.69, 9.17) is 9.84 Å². The molecule has 0 spiro atoms. The summed E-state index contributed by atoms with van der Waals surface area (Å²) in [7, 11) is 0. The van der Waals surface area contributed by atoms with E-state index in [1.807, 2.05) is 0 Å². The number of aryl methyl sites for hydroxylation is 1. The van der Waals surface area contributed by atoms with E-state index < -0.39 is 17.5 Å². The highest BCUT2D eigenvalue weighted by molar-refractivity contribution is 7.15. The Morgan fingerprint density at radius 3 is 2.77 bits per heavy atom. The number of benzene rings is 1. The lowest BCUT2D eigenvalue weighted by molar-refractivity contribution is 0.102. The standard InChI is InChI=1S/C16H13F2N3O3S2/c1-8-13(14(23)20-11-7-19-26-16(11)24-6-5-22)21-15(25-8)12-9(17)3-2-4-10(12)18/h2-4,7,22H,5-6H2,1H3,(H,20,23). The minimum absolute atomic E-state index is 0.0620. The van der Waals surface area contributed by atoms with Crippen molar-refractivity contribution >= 4 is 34.5 Å². The first kappa shape index (κ1) is 18.4. The van der Waals surface area contributed by atoms with Crippen LogP contribution in [-0.2, 0) is 0 Å². The largest absolute Gasteiger partial charge is 0.479 e. The number of nitrogens with one attached hydrogen (secondary N) is 1. The number of carbonyl (C=O) groups excluding carboxylic acids is 1. The number of halogens is 2. The van der Waals surface area contributed by atoms with Crippen LogP contribution in [-0.4, -0.2) is 33.6 Å². The molecule has 2 aromatic heterocycles. The number of hydrogen-bond acceptors (Lipinski definition) is 7. The van der Waals surface area contributed by atoms with Gasteiger partial charge >= 0.3 is 0 Å². The summed E-state index contributed by atoms with van der Waals surface area (Å²) in [4.78, 5) is 17.1. The molecule has 0 saturated heterocycles. The fraction of sp³-hybridized carbons (Fsp3) is 0.188. The van der Waals surface area contributed by atoms with E-state index in [0.29, 0.717) is 15.6 Å². The van der Waals surface area contributed by atoms with Crippen LogP contribution >= 0.6 is 22.9 Å². The Bertz CT molecular complexity index is 922. The summed E-state index contributed by atoms with van der Waals surface area (Å²) in [6.07, 6.45) is 1.41. The summed E-state index contributed by atoms with van der Waals surface area (Å²) in [6, 6.07) is 3.53. The van der Waals surface area contributed by atoms with Crippen LogP contribution in [0.15, 0.2) is 24.4 Å². The second kappa shape index (κ2) is 7.85. The maximum absolute atomic E-state index is 13.9. The molecule has 0 aliphatic heterocycles. The second-order valence-electron chi connectivity index (χ2n) is 5.07. The molecule has 0 unspecified atom stereocenters. The van der Waals surface area contributed by atoms with Crippen LogP contribution in [0.3, 0.4) is 0 Å². The van der Waals surface area contributed by atoms with Gasteiger partial charge in [-0.05, 0) is 19.1 Å². The fourth-order valence-corrected chi connectivity index (χ4v) is 3.70. The molecule has 0 aliphatic carbocycles. The minimum Gasteiger partial charge on any atom is -0.479 e. The molecule has 26 heavy (non-hydrogen) atoms. The minimum atomic E-state index is -0.743. The first-order valence-electron chi connectivity index (χ1n) is 7.42. The smallest absolute Gasteiger partial charge is 0.275 e. The van der Waals surface area contributed by atoms with Crippen molar-refractivity contribution < 1.29 is 23.4 Å². The molecule has 3 aromatic rings. The quantitative estimate of drug-likeness (QED) is 0.665. The van der Waals surface area contributed by atoms with Crippen LogP contribution in [0.25, 0.3) is 10.6 Å². The molecule has 0 bridgehead atoms. The van der Waals surface area contributed by atoms with Gasteiger partial charge in [-0.1, -0.05) is 6.07 Å². The first-order valence-corrected chi connectivity index (χ1v) is 9.01. The van der Waals surface area contributed by atoms with E-state index in [9.17, 15) is 13.6 Å². The number of amides is 1. The number of carbonyl (C=O) groups is 1. The van der Waals surface area contributed by atoms with Gasteiger partial charge in [-0.2, -0.15) is 4.37 Å². The Kier molecular flexibility index (Phi) is 5.55. The third-order valence-corrected chi connectivity index (χ3v) is 5.00. The van der Waals surface area contributed by atoms with Gasteiger partial charge < -0.3 is 15.2 Å². The summed E-state index contributed by atoms with van der Waals surface area (Å²) >= 11 is 2.05. The van der Waals surface area contributed by atoms with Crippen molar-refractivity contribution in [3.05, 3.63) is 46.6 Å². The highest BCUT2D eigenvalue weighted by Crippen LogP contribution is 2.33. The molecule has 0 aliphatic rings. The van der Waals surface area contributed by atoms with Gasteiger partial charge in [-0.15, -0.1) is 11.3 Å². The third kappa shape index (κ3) is 3.71. The zero-order valence-corrected chi connectivity index (χ0v) is 15.1. The van der Waals surface area contributed by atoms with E-state index in [1.165, 1.54) is 12.3 Å². The SMILES string of the molecule is Cc1sc(-c2c(F)cccc2F)nc1C(=O)Nc1cnsc1OCCO. The summed E-state index contributed by atoms with van der Waals surface area (Å²) < 4.78 is 37.1. The molecule has 1 aromatic carbocycles. The van der Waals surface area contributed by atoms with Gasteiger partial charge in [0, 0.05) is 16.4 Å². The molecule has 1 amide bonds. The molecule has 0 atom stereocenters. The van der Waals surface area contributed by atoms with Gasteiger partial charge in [-0.3, -0.25) is 4.79 Å². The lowest BCUT2D eigenvalue weighted by Gasteiger charge is -2.05. The number of aliphatic hydroxyl groups excluding tert-OH is 1. The Morgan fingerprint density at radius 1 is 1.35 bits per heavy atom. The van der Waals surface area contributed by atoms with E-state index in [-0.39, 0.29) is 29.5 Å². The Morgan fingerprint density at radius 2 is 2.08 bits per heavy atom. The average Bonchev–Trinajstić information content (AvgIpc) is 3.19. The van der Waals surface area contributed by atoms with Crippen molar-refractivity contribution in [2.75, 3.05) is 18.5 Å². The van der Waals surface area contributed by atoms with Crippen LogP contribution in [0.4, 0.5) is 14.5 Å². The number of aromatic nitrogens is 2. The Balaban J connectivity index is 1.86. The van der Waals surface area contributed by atoms with E-state index in [1.54, 1.807) is 6.92 Å². The highest BCUT2D eigenvalue weighted by Gasteiger charge is 2.22. The molecule has 3 rings (SSSR count). The van der Waals surface area contributed by atoms with Crippen molar-refractivity contribution in [3.8, 4) is 15.6 Å². The predicted molar refractivity (Wildman–Crippen MR) is 94.9 cm³/mol. The molecule has 0 saturated carbocycles. The van der Waals surface area contributed by atoms with Crippen molar-refractivity contribution in [1.29, 1.82) is 0 Å². The third-order valence-electron chi connectivity index (χ3n) is 3.30. The summed E-state index contributed by atoms with van der Waals surface area (Å²) in [5, 5.41) is 11.9. The van der Waals surface area contributed by atoms with Crippen LogP contribution in [0.2, 0.25) is 0 Å². The summed E-state index contributed by atoms with van der Waals surface area (Å²) in [6.45, 7) is 1.54. The van der Waals surface area contributed by atoms with Gasteiger partial charge in [0.05, 0.1) is 18.4 Å². The number of rotatable bonds is 6. The lowest BCUT2D eigenvalue weighted by atomic mass is 10.2. The van der Waals surface area contributed by atoms with Gasteiger partial charge in [0.25, 0.3) is 5.91 Å². The van der Waals surface area contributed by atoms with Crippen LogP contribution in [0, 0.1) is 18.6 Å². The summed E-state index contributed by atoms with van der Waals surface area (Å²) in [5.74, 6) is -2.03. The van der Waals surface area contributed by atoms with Gasteiger partial charge in [0.2, 0.25) is 5.06 Å². The number of nitrogens with zero attached hydrogens (tertiary/aromatic N) is 2.